The molecule has 4 aromatic carbocycles. The maximum atomic E-state index is 9.94. The molecule has 0 spiro atoms. The van der Waals surface area contributed by atoms with Crippen LogP contribution in [-0.2, 0) is 11.0 Å². The van der Waals surface area contributed by atoms with Crippen molar-refractivity contribution in [1.82, 2.24) is 0 Å². The number of rotatable bonds is 7. The Morgan fingerprint density at radius 3 is 1.53 bits per heavy atom. The van der Waals surface area contributed by atoms with Gasteiger partial charge in [-0.25, -0.2) is 0 Å². The van der Waals surface area contributed by atoms with Crippen LogP contribution >= 0.6 is 7.26 Å². The van der Waals surface area contributed by atoms with E-state index in [9.17, 15) is 5.02 Å². The first kappa shape index (κ1) is 20.5. The molecule has 0 aliphatic rings. The second kappa shape index (κ2) is 9.38. The summed E-state index contributed by atoms with van der Waals surface area (Å²) in [6.45, 7) is 0. The molecule has 0 aliphatic carbocycles. The summed E-state index contributed by atoms with van der Waals surface area (Å²) >= 11 is 0. The molecule has 0 saturated heterocycles. The molecule has 2 N–H and O–H groups in total. The van der Waals surface area contributed by atoms with Gasteiger partial charge in [0.05, 0.1) is 6.16 Å². The van der Waals surface area contributed by atoms with Gasteiger partial charge in [-0.2, -0.15) is 0 Å². The summed E-state index contributed by atoms with van der Waals surface area (Å²) in [7, 11) is -3.38. The van der Waals surface area contributed by atoms with Crippen molar-refractivity contribution in [3.8, 4) is 0 Å². The van der Waals surface area contributed by atoms with Crippen molar-refractivity contribution in [3.05, 3.63) is 121 Å². The highest BCUT2D eigenvalue weighted by atomic mass is 31.2. The van der Waals surface area contributed by atoms with E-state index in [4.69, 9.17) is 5.26 Å². The largest absolute Gasteiger partial charge is 0.522 e. The third-order valence-electron chi connectivity index (χ3n) is 5.35. The number of hydrogen-bond donors (Lipinski definition) is 2. The highest BCUT2D eigenvalue weighted by Gasteiger charge is 2.45. The van der Waals surface area contributed by atoms with Gasteiger partial charge >= 0.3 is 7.12 Å². The van der Waals surface area contributed by atoms with Gasteiger partial charge in [-0.3, -0.25) is 10.1 Å². The fourth-order valence-electron chi connectivity index (χ4n) is 3.95. The van der Waals surface area contributed by atoms with Crippen LogP contribution in [0.25, 0.3) is 0 Å². The van der Waals surface area contributed by atoms with Crippen molar-refractivity contribution < 1.29 is 15.1 Å². The lowest BCUT2D eigenvalue weighted by Crippen LogP contribution is -2.34. The van der Waals surface area contributed by atoms with Gasteiger partial charge in [0.25, 0.3) is 0 Å². The number of benzene rings is 4. The van der Waals surface area contributed by atoms with Crippen molar-refractivity contribution in [2.24, 2.45) is 0 Å². The zero-order valence-corrected chi connectivity index (χ0v) is 17.4. The molecule has 4 aromatic rings. The van der Waals surface area contributed by atoms with Crippen LogP contribution in [0.15, 0.2) is 115 Å². The zero-order chi connectivity index (χ0) is 20.8. The highest BCUT2D eigenvalue weighted by Crippen LogP contribution is 2.58. The lowest BCUT2D eigenvalue weighted by atomic mass is 9.79. The average molecular weight is 413 g/mol. The molecular weight excluding hydrogens is 390 g/mol. The van der Waals surface area contributed by atoms with E-state index in [-0.39, 0.29) is 0 Å². The molecule has 0 atom stereocenters. The maximum Gasteiger partial charge on any atom is 0.522 e. The first-order valence-electron chi connectivity index (χ1n) is 9.86. The van der Waals surface area contributed by atoms with E-state index in [1.54, 1.807) is 6.07 Å². The van der Waals surface area contributed by atoms with Crippen LogP contribution in [0, 0.1) is 0 Å². The molecule has 0 aromatic heterocycles. The van der Waals surface area contributed by atoms with Crippen molar-refractivity contribution in [2.75, 3.05) is 0 Å². The maximum absolute atomic E-state index is 9.94. The van der Waals surface area contributed by atoms with Gasteiger partial charge in [0.15, 0.2) is 0 Å². The monoisotopic (exact) mass is 413 g/mol. The van der Waals surface area contributed by atoms with E-state index in [2.05, 4.69) is 83.7 Å². The average Bonchev–Trinajstić information content (AvgIpc) is 2.84. The topological polar surface area (TPSA) is 49.7 Å². The van der Waals surface area contributed by atoms with Gasteiger partial charge in [-0.1, -0.05) is 78.9 Å². The second-order valence-corrected chi connectivity index (χ2v) is 10.7. The summed E-state index contributed by atoms with van der Waals surface area (Å²) in [6.07, 6.45) is 0.789. The van der Waals surface area contributed by atoms with Crippen molar-refractivity contribution >= 4 is 35.8 Å². The van der Waals surface area contributed by atoms with Crippen LogP contribution in [0.2, 0.25) is 0 Å². The lowest BCUT2D eigenvalue weighted by molar-refractivity contribution is -0.154. The predicted molar refractivity (Wildman–Crippen MR) is 127 cm³/mol. The fraction of sp³-hybridized carbons (Fsp3) is 0.0400. The Labute approximate surface area is 178 Å². The Morgan fingerprint density at radius 1 is 0.633 bits per heavy atom. The van der Waals surface area contributed by atoms with Gasteiger partial charge in [0.2, 0.25) is 0 Å². The van der Waals surface area contributed by atoms with Crippen molar-refractivity contribution in [2.45, 2.75) is 6.16 Å². The molecule has 30 heavy (non-hydrogen) atoms. The van der Waals surface area contributed by atoms with Crippen LogP contribution in [0.5, 0.6) is 0 Å². The van der Waals surface area contributed by atoms with E-state index in [1.165, 1.54) is 15.9 Å². The molecular formula is C25H23BO3P+. The number of hydrogen-bond acceptors (Lipinski definition) is 3. The molecule has 0 radical (unpaired) electrons. The molecule has 0 fully saturated rings. The quantitative estimate of drug-likeness (QED) is 0.212. The second-order valence-electron chi connectivity index (χ2n) is 7.18. The Balaban J connectivity index is 1.94. The first-order valence-corrected chi connectivity index (χ1v) is 11.8. The van der Waals surface area contributed by atoms with Crippen LogP contribution in [0.4, 0.5) is 0 Å². The third-order valence-corrected chi connectivity index (χ3v) is 9.73. The van der Waals surface area contributed by atoms with E-state index >= 15 is 0 Å². The summed E-state index contributed by atoms with van der Waals surface area (Å²) in [5.74, 6) is 0. The predicted octanol–water partition coefficient (Wildman–Crippen LogP) is 3.36. The fourth-order valence-corrected chi connectivity index (χ4v) is 8.18. The third kappa shape index (κ3) is 4.09. The Kier molecular flexibility index (Phi) is 6.42. The molecule has 0 saturated carbocycles. The Hall–Kier alpha value is -2.75. The molecule has 0 amide bonds. The summed E-state index contributed by atoms with van der Waals surface area (Å²) in [6, 6.07) is 39.6. The molecule has 148 valence electrons. The Morgan fingerprint density at radius 2 is 1.10 bits per heavy atom. The molecule has 0 aliphatic heterocycles. The molecule has 0 bridgehead atoms. The van der Waals surface area contributed by atoms with Crippen molar-refractivity contribution in [1.29, 1.82) is 0 Å². The summed E-state index contributed by atoms with van der Waals surface area (Å²) in [5.41, 5.74) is 1.61. The van der Waals surface area contributed by atoms with Crippen LogP contribution in [0.3, 0.4) is 0 Å². The van der Waals surface area contributed by atoms with Gasteiger partial charge in [-0.05, 0) is 47.4 Å². The summed E-state index contributed by atoms with van der Waals surface area (Å²) < 4.78 is 0. The van der Waals surface area contributed by atoms with Gasteiger partial charge in [0.1, 0.15) is 23.2 Å². The molecule has 5 heteroatoms. The standard InChI is InChI=1S/C25H22BO3P/c27-26(29-28)22-12-10-11-21(19-22)20-30(23-13-4-1-5-14-23,24-15-6-2-7-16-24)25-17-8-3-9-18-25/h1-19,27H,20H2/p+1. The minimum absolute atomic E-state index is 0.530. The van der Waals surface area contributed by atoms with E-state index in [0.29, 0.717) is 5.46 Å². The van der Waals surface area contributed by atoms with Crippen LogP contribution in [-0.4, -0.2) is 17.4 Å². The molecule has 0 unspecified atom stereocenters. The summed E-state index contributed by atoms with van der Waals surface area (Å²) in [5, 5.41) is 22.7. The zero-order valence-electron chi connectivity index (χ0n) is 16.5. The van der Waals surface area contributed by atoms with Crippen LogP contribution in [0.1, 0.15) is 5.56 Å². The minimum atomic E-state index is -2.02. The van der Waals surface area contributed by atoms with Crippen LogP contribution < -0.4 is 21.4 Å². The molecule has 3 nitrogen and oxygen atoms in total. The van der Waals surface area contributed by atoms with E-state index in [0.717, 1.165) is 11.7 Å². The first-order chi connectivity index (χ1) is 14.7. The van der Waals surface area contributed by atoms with E-state index in [1.807, 2.05) is 30.3 Å². The smallest absolute Gasteiger partial charge is 0.422 e. The lowest BCUT2D eigenvalue weighted by Gasteiger charge is -2.28. The van der Waals surface area contributed by atoms with Crippen molar-refractivity contribution in [3.63, 3.8) is 0 Å². The SMILES string of the molecule is OOB(O)c1cccc(C[P+](c2ccccc2)(c2ccccc2)c2ccccc2)c1. The minimum Gasteiger partial charge on any atom is -0.422 e. The van der Waals surface area contributed by atoms with Gasteiger partial charge < -0.3 is 5.02 Å². The van der Waals surface area contributed by atoms with E-state index < -0.39 is 14.4 Å². The Bertz CT molecular complexity index is 978. The highest BCUT2D eigenvalue weighted by molar-refractivity contribution is 7.95. The molecule has 4 rings (SSSR count). The van der Waals surface area contributed by atoms with Gasteiger partial charge in [-0.15, -0.1) is 0 Å². The molecule has 0 heterocycles. The normalized spacial score (nSPS) is 11.3. The van der Waals surface area contributed by atoms with Gasteiger partial charge in [0, 0.05) is 0 Å². The summed E-state index contributed by atoms with van der Waals surface area (Å²) in [4.78, 5) is 4.14.